The van der Waals surface area contributed by atoms with Gasteiger partial charge in [0.15, 0.2) is 0 Å². The van der Waals surface area contributed by atoms with Crippen LogP contribution in [0.2, 0.25) is 0 Å². The predicted molar refractivity (Wildman–Crippen MR) is 74.8 cm³/mol. The van der Waals surface area contributed by atoms with Gasteiger partial charge in [-0.05, 0) is 30.5 Å². The molecule has 0 aliphatic carbocycles. The van der Waals surface area contributed by atoms with Crippen LogP contribution >= 0.6 is 15.9 Å². The van der Waals surface area contributed by atoms with E-state index in [1.54, 1.807) is 0 Å². The number of aliphatic hydroxyl groups is 1. The van der Waals surface area contributed by atoms with Crippen LogP contribution in [-0.4, -0.2) is 40.8 Å². The second-order valence-corrected chi connectivity index (χ2v) is 6.07. The number of halogens is 5. The molecule has 1 fully saturated rings. The number of benzene rings is 1. The molecule has 0 bridgehead atoms. The Labute approximate surface area is 133 Å². The summed E-state index contributed by atoms with van der Waals surface area (Å²) < 4.78 is 56.5. The van der Waals surface area contributed by atoms with Gasteiger partial charge in [0.1, 0.15) is 6.10 Å². The van der Waals surface area contributed by atoms with Gasteiger partial charge >= 0.3 is 11.8 Å². The number of alkyl halides is 4. The summed E-state index contributed by atoms with van der Waals surface area (Å²) in [6.07, 6.45) is -1.77. The van der Waals surface area contributed by atoms with Gasteiger partial charge in [-0.2, -0.15) is 17.6 Å². The number of hydrogen-bond acceptors (Lipinski definition) is 2. The Hall–Kier alpha value is -1.15. The molecule has 1 heterocycles. The average Bonchev–Trinajstić information content (AvgIpc) is 3.00. The van der Waals surface area contributed by atoms with Crippen LogP contribution in [0, 0.1) is 0 Å². The van der Waals surface area contributed by atoms with Crippen LogP contribution in [0.1, 0.15) is 24.5 Å². The first kappa shape index (κ1) is 17.2. The highest BCUT2D eigenvalue weighted by atomic mass is 79.9. The number of amides is 1. The highest BCUT2D eigenvalue weighted by Gasteiger charge is 2.67. The summed E-state index contributed by atoms with van der Waals surface area (Å²) in [6, 6.07) is 4.88. The normalized spacial score (nSPS) is 17.6. The van der Waals surface area contributed by atoms with Crippen molar-refractivity contribution < 1.29 is 27.5 Å². The van der Waals surface area contributed by atoms with E-state index < -0.39 is 23.9 Å². The van der Waals surface area contributed by atoms with Crippen molar-refractivity contribution >= 4 is 21.8 Å². The summed E-state index contributed by atoms with van der Waals surface area (Å²) >= 11 is 3.07. The van der Waals surface area contributed by atoms with Gasteiger partial charge in [-0.15, -0.1) is 0 Å². The van der Waals surface area contributed by atoms with E-state index >= 15 is 0 Å². The molecule has 0 spiro atoms. The van der Waals surface area contributed by atoms with E-state index in [2.05, 4.69) is 15.9 Å². The number of aliphatic hydroxyl groups excluding tert-OH is 1. The van der Waals surface area contributed by atoms with E-state index in [0.717, 1.165) is 12.1 Å². The van der Waals surface area contributed by atoms with Crippen LogP contribution in [-0.2, 0) is 4.79 Å². The van der Waals surface area contributed by atoms with Crippen molar-refractivity contribution in [3.8, 4) is 0 Å². The molecule has 3 nitrogen and oxygen atoms in total. The van der Waals surface area contributed by atoms with Gasteiger partial charge in [-0.3, -0.25) is 4.79 Å². The Morgan fingerprint density at radius 2 is 1.64 bits per heavy atom. The SMILES string of the molecule is O=C(N1CCCC1)C(F)(F)C(F)(F)C(O)c1ccc(Br)cc1. The number of carbonyl (C=O) groups is 1. The molecule has 1 aliphatic rings. The Bertz CT molecular complexity index is 544. The number of hydrogen-bond donors (Lipinski definition) is 1. The van der Waals surface area contributed by atoms with Gasteiger partial charge in [0.2, 0.25) is 0 Å². The molecule has 1 aliphatic heterocycles. The second-order valence-electron chi connectivity index (χ2n) is 5.15. The predicted octanol–water partition coefficient (Wildman–Crippen LogP) is 3.38. The minimum atomic E-state index is -4.97. The lowest BCUT2D eigenvalue weighted by atomic mass is 9.97. The zero-order chi connectivity index (χ0) is 16.5. The van der Waals surface area contributed by atoms with Gasteiger partial charge < -0.3 is 10.0 Å². The van der Waals surface area contributed by atoms with Gasteiger partial charge in [-0.25, -0.2) is 0 Å². The van der Waals surface area contributed by atoms with Gasteiger partial charge in [-0.1, -0.05) is 28.1 Å². The first-order chi connectivity index (χ1) is 10.2. The molecule has 1 unspecified atom stereocenters. The third-order valence-electron chi connectivity index (χ3n) is 3.61. The summed E-state index contributed by atoms with van der Waals surface area (Å²) in [5, 5.41) is 9.65. The van der Waals surface area contributed by atoms with E-state index in [4.69, 9.17) is 0 Å². The van der Waals surface area contributed by atoms with Crippen LogP contribution < -0.4 is 0 Å². The molecule has 1 saturated heterocycles. The van der Waals surface area contributed by atoms with Crippen LogP contribution in [0.3, 0.4) is 0 Å². The fourth-order valence-electron chi connectivity index (χ4n) is 2.29. The molecule has 1 aromatic carbocycles. The summed E-state index contributed by atoms with van der Waals surface area (Å²) in [4.78, 5) is 12.4. The molecule has 8 heteroatoms. The van der Waals surface area contributed by atoms with Crippen LogP contribution in [0.15, 0.2) is 28.7 Å². The van der Waals surface area contributed by atoms with Crippen molar-refractivity contribution in [2.24, 2.45) is 0 Å². The summed E-state index contributed by atoms with van der Waals surface area (Å²) in [5.74, 6) is -11.8. The Balaban J connectivity index is 2.26. The Morgan fingerprint density at radius 1 is 1.14 bits per heavy atom. The highest BCUT2D eigenvalue weighted by Crippen LogP contribution is 2.45. The number of likely N-dealkylation sites (tertiary alicyclic amines) is 1. The van der Waals surface area contributed by atoms with Gasteiger partial charge in [0, 0.05) is 17.6 Å². The van der Waals surface area contributed by atoms with Gasteiger partial charge in [0.05, 0.1) is 0 Å². The third kappa shape index (κ3) is 2.99. The van der Waals surface area contributed by atoms with Crippen LogP contribution in [0.5, 0.6) is 0 Å². The maximum atomic E-state index is 14.0. The topological polar surface area (TPSA) is 40.5 Å². The van der Waals surface area contributed by atoms with Crippen molar-refractivity contribution in [1.82, 2.24) is 4.90 Å². The summed E-state index contributed by atoms with van der Waals surface area (Å²) in [5.41, 5.74) is -0.387. The number of rotatable bonds is 4. The van der Waals surface area contributed by atoms with Crippen molar-refractivity contribution in [2.75, 3.05) is 13.1 Å². The zero-order valence-corrected chi connectivity index (χ0v) is 13.0. The summed E-state index contributed by atoms with van der Waals surface area (Å²) in [6.45, 7) is 0.0533. The van der Waals surface area contributed by atoms with Gasteiger partial charge in [0.25, 0.3) is 5.91 Å². The Kier molecular flexibility index (Phi) is 4.81. The van der Waals surface area contributed by atoms with E-state index in [9.17, 15) is 27.5 Å². The minimum Gasteiger partial charge on any atom is -0.382 e. The van der Waals surface area contributed by atoms with Crippen LogP contribution in [0.4, 0.5) is 17.6 Å². The molecule has 22 heavy (non-hydrogen) atoms. The molecule has 0 saturated carbocycles. The minimum absolute atomic E-state index is 0.0267. The largest absolute Gasteiger partial charge is 0.389 e. The van der Waals surface area contributed by atoms with Crippen molar-refractivity contribution in [2.45, 2.75) is 30.8 Å². The monoisotopic (exact) mass is 383 g/mol. The van der Waals surface area contributed by atoms with Crippen molar-refractivity contribution in [1.29, 1.82) is 0 Å². The van der Waals surface area contributed by atoms with Crippen molar-refractivity contribution in [3.63, 3.8) is 0 Å². The third-order valence-corrected chi connectivity index (χ3v) is 4.14. The zero-order valence-electron chi connectivity index (χ0n) is 11.4. The highest BCUT2D eigenvalue weighted by molar-refractivity contribution is 9.10. The maximum Gasteiger partial charge on any atom is 0.389 e. The van der Waals surface area contributed by atoms with Crippen molar-refractivity contribution in [3.05, 3.63) is 34.3 Å². The fraction of sp³-hybridized carbons (Fsp3) is 0.500. The molecule has 1 amide bonds. The fourth-order valence-corrected chi connectivity index (χ4v) is 2.55. The molecule has 0 aromatic heterocycles. The lowest BCUT2D eigenvalue weighted by molar-refractivity contribution is -0.252. The number of nitrogens with zero attached hydrogens (tertiary/aromatic N) is 1. The molecule has 1 atom stereocenters. The first-order valence-electron chi connectivity index (χ1n) is 6.66. The lowest BCUT2D eigenvalue weighted by Crippen LogP contribution is -2.55. The molecule has 1 N–H and O–H groups in total. The standard InChI is InChI=1S/C14H14BrF4NO2/c15-10-5-3-9(4-6-10)11(21)13(16,17)14(18,19)12(22)20-7-1-2-8-20/h3-6,11,21H,1-2,7-8H2. The quantitative estimate of drug-likeness (QED) is 0.809. The first-order valence-corrected chi connectivity index (χ1v) is 7.46. The molecule has 2 rings (SSSR count). The molecular formula is C14H14BrF4NO2. The molecule has 0 radical (unpaired) electrons. The number of carbonyl (C=O) groups excluding carboxylic acids is 1. The maximum absolute atomic E-state index is 14.0. The van der Waals surface area contributed by atoms with E-state index in [-0.39, 0.29) is 18.7 Å². The average molecular weight is 384 g/mol. The molecular weight excluding hydrogens is 370 g/mol. The molecule has 1 aromatic rings. The van der Waals surface area contributed by atoms with Crippen LogP contribution in [0.25, 0.3) is 0 Å². The smallest absolute Gasteiger partial charge is 0.382 e. The van der Waals surface area contributed by atoms with E-state index in [1.165, 1.54) is 12.1 Å². The van der Waals surface area contributed by atoms with E-state index in [1.807, 2.05) is 0 Å². The lowest BCUT2D eigenvalue weighted by Gasteiger charge is -2.32. The van der Waals surface area contributed by atoms with E-state index in [0.29, 0.717) is 22.2 Å². The summed E-state index contributed by atoms with van der Waals surface area (Å²) in [7, 11) is 0. The second kappa shape index (κ2) is 6.16. The Morgan fingerprint density at radius 3 is 2.14 bits per heavy atom. The molecule has 122 valence electrons.